The first kappa shape index (κ1) is 14.0. The lowest BCUT2D eigenvalue weighted by Gasteiger charge is -2.09. The Morgan fingerprint density at radius 1 is 1.36 bits per heavy atom. The van der Waals surface area contributed by atoms with Crippen LogP contribution in [-0.4, -0.2) is 46.5 Å². The molecular formula is C6H14N2O4S2. The van der Waals surface area contributed by atoms with Gasteiger partial charge in [0.2, 0.25) is 0 Å². The molecular weight excluding hydrogens is 228 g/mol. The van der Waals surface area contributed by atoms with Gasteiger partial charge in [0, 0.05) is 17.5 Å². The number of rotatable bonds is 8. The van der Waals surface area contributed by atoms with Crippen LogP contribution in [0, 0.1) is 0 Å². The van der Waals surface area contributed by atoms with Crippen LogP contribution >= 0.6 is 21.6 Å². The molecule has 6 N–H and O–H groups in total. The van der Waals surface area contributed by atoms with E-state index < -0.39 is 12.0 Å². The monoisotopic (exact) mass is 242 g/mol. The van der Waals surface area contributed by atoms with Gasteiger partial charge in [0.25, 0.3) is 0 Å². The largest absolute Gasteiger partial charge is 0.480 e. The number of carboxylic acid groups (broad SMARTS) is 1. The molecule has 0 aromatic heterocycles. The van der Waals surface area contributed by atoms with E-state index in [0.717, 1.165) is 0 Å². The van der Waals surface area contributed by atoms with E-state index in [9.17, 15) is 4.79 Å². The predicted molar refractivity (Wildman–Crippen MR) is 57.1 cm³/mol. The minimum atomic E-state index is -1.01. The Hall–Kier alpha value is 0.01000. The second-order valence-corrected chi connectivity index (χ2v) is 5.12. The van der Waals surface area contributed by atoms with Crippen molar-refractivity contribution in [3.63, 3.8) is 0 Å². The maximum atomic E-state index is 10.3. The fourth-order valence-corrected chi connectivity index (χ4v) is 2.77. The molecule has 14 heavy (non-hydrogen) atoms. The lowest BCUT2D eigenvalue weighted by Crippen LogP contribution is -2.32. The maximum absolute atomic E-state index is 10.3. The third kappa shape index (κ3) is 7.42. The van der Waals surface area contributed by atoms with E-state index >= 15 is 0 Å². The summed E-state index contributed by atoms with van der Waals surface area (Å²) in [7, 11) is 2.74. The summed E-state index contributed by atoms with van der Waals surface area (Å²) in [5.41, 5.74) is 10.8. The molecule has 0 fully saturated rings. The summed E-state index contributed by atoms with van der Waals surface area (Å²) in [4.78, 5) is 14.2. The van der Waals surface area contributed by atoms with Crippen molar-refractivity contribution < 1.29 is 20.0 Å². The van der Waals surface area contributed by atoms with Gasteiger partial charge in [0.05, 0.1) is 6.61 Å². The van der Waals surface area contributed by atoms with Crippen molar-refractivity contribution in [3.8, 4) is 0 Å². The summed E-state index contributed by atoms with van der Waals surface area (Å²) in [6.45, 7) is 0.0680. The highest BCUT2D eigenvalue weighted by atomic mass is 33.1. The summed E-state index contributed by atoms with van der Waals surface area (Å²) in [6, 6.07) is -1.11. The minimum Gasteiger partial charge on any atom is -0.480 e. The Morgan fingerprint density at radius 3 is 2.43 bits per heavy atom. The van der Waals surface area contributed by atoms with Gasteiger partial charge in [-0.25, -0.2) is 4.89 Å². The van der Waals surface area contributed by atoms with Crippen molar-refractivity contribution in [2.45, 2.75) is 12.1 Å². The van der Waals surface area contributed by atoms with Gasteiger partial charge in [-0.2, -0.15) is 0 Å². The molecule has 2 unspecified atom stereocenters. The zero-order chi connectivity index (χ0) is 11.0. The molecule has 2 atom stereocenters. The van der Waals surface area contributed by atoms with Crippen molar-refractivity contribution in [2.24, 2.45) is 11.5 Å². The molecule has 0 radical (unpaired) electrons. The smallest absolute Gasteiger partial charge is 0.321 e. The van der Waals surface area contributed by atoms with E-state index in [0.29, 0.717) is 11.5 Å². The van der Waals surface area contributed by atoms with Crippen LogP contribution in [0.2, 0.25) is 0 Å². The van der Waals surface area contributed by atoms with Crippen LogP contribution in [0.4, 0.5) is 0 Å². The second kappa shape index (κ2) is 8.33. The highest BCUT2D eigenvalue weighted by Gasteiger charge is 2.11. The maximum Gasteiger partial charge on any atom is 0.321 e. The lowest BCUT2D eigenvalue weighted by atomic mass is 10.4. The van der Waals surface area contributed by atoms with Crippen LogP contribution in [-0.2, 0) is 9.68 Å². The first-order chi connectivity index (χ1) is 6.57. The average molecular weight is 242 g/mol. The third-order valence-corrected chi connectivity index (χ3v) is 3.76. The molecule has 0 aliphatic carbocycles. The highest BCUT2D eigenvalue weighted by Crippen LogP contribution is 2.22. The second-order valence-electron chi connectivity index (χ2n) is 2.57. The van der Waals surface area contributed by atoms with Crippen molar-refractivity contribution in [1.29, 1.82) is 0 Å². The molecule has 0 saturated carbocycles. The average Bonchev–Trinajstić information content (AvgIpc) is 2.12. The summed E-state index contributed by atoms with van der Waals surface area (Å²) in [5.74, 6) is -0.120. The van der Waals surface area contributed by atoms with E-state index in [4.69, 9.17) is 21.8 Å². The molecule has 0 bridgehead atoms. The van der Waals surface area contributed by atoms with Gasteiger partial charge in [0.1, 0.15) is 6.04 Å². The van der Waals surface area contributed by atoms with Crippen molar-refractivity contribution >= 4 is 27.6 Å². The van der Waals surface area contributed by atoms with Gasteiger partial charge in [-0.05, 0) is 0 Å². The normalized spacial score (nSPS) is 15.1. The number of aliphatic carboxylic acids is 1. The van der Waals surface area contributed by atoms with Crippen LogP contribution in [0.5, 0.6) is 0 Å². The fraction of sp³-hybridized carbons (Fsp3) is 0.833. The zero-order valence-corrected chi connectivity index (χ0v) is 9.09. The molecule has 6 nitrogen and oxygen atoms in total. The van der Waals surface area contributed by atoms with E-state index in [1.807, 2.05) is 0 Å². The topological polar surface area (TPSA) is 119 Å². The molecule has 0 aromatic rings. The number of carbonyl (C=O) groups is 1. The molecule has 0 heterocycles. The predicted octanol–water partition coefficient (Wildman–Crippen LogP) is -0.403. The minimum absolute atomic E-state index is 0.0680. The molecule has 0 aromatic carbocycles. The van der Waals surface area contributed by atoms with Gasteiger partial charge in [-0.3, -0.25) is 10.1 Å². The summed E-state index contributed by atoms with van der Waals surface area (Å²) >= 11 is 0. The Labute approximate surface area is 89.7 Å². The molecule has 0 aliphatic rings. The quantitative estimate of drug-likeness (QED) is 0.196. The lowest BCUT2D eigenvalue weighted by molar-refractivity contribution is -0.244. The third-order valence-electron chi connectivity index (χ3n) is 1.22. The van der Waals surface area contributed by atoms with Crippen molar-refractivity contribution in [1.82, 2.24) is 0 Å². The molecule has 0 aliphatic heterocycles. The molecule has 0 saturated heterocycles. The summed E-state index contributed by atoms with van der Waals surface area (Å²) < 4.78 is 0. The Bertz CT molecular complexity index is 172. The van der Waals surface area contributed by atoms with E-state index in [2.05, 4.69) is 4.89 Å². The van der Waals surface area contributed by atoms with Gasteiger partial charge in [0.15, 0.2) is 0 Å². The van der Waals surface area contributed by atoms with Crippen molar-refractivity contribution in [3.05, 3.63) is 0 Å². The van der Waals surface area contributed by atoms with Gasteiger partial charge in [-0.1, -0.05) is 21.6 Å². The van der Waals surface area contributed by atoms with Crippen LogP contribution < -0.4 is 11.5 Å². The number of hydrogen-bond donors (Lipinski definition) is 4. The molecule has 84 valence electrons. The van der Waals surface area contributed by atoms with Crippen LogP contribution in [0.15, 0.2) is 0 Å². The standard InChI is InChI=1S/C6H14N2O4S2/c7-4(1-12-11)2-13-14-3-5(8)6(9)10/h4-5,11H,1-3,7-8H2,(H,9,10). The van der Waals surface area contributed by atoms with Gasteiger partial charge < -0.3 is 16.6 Å². The first-order valence-electron chi connectivity index (χ1n) is 3.82. The molecule has 0 spiro atoms. The summed E-state index contributed by atoms with van der Waals surface area (Å²) in [6.07, 6.45) is 0. The van der Waals surface area contributed by atoms with E-state index in [1.54, 1.807) is 0 Å². The first-order valence-corrected chi connectivity index (χ1v) is 6.31. The number of carboxylic acids is 1. The van der Waals surface area contributed by atoms with Gasteiger partial charge in [-0.15, -0.1) is 0 Å². The summed E-state index contributed by atoms with van der Waals surface area (Å²) in [5, 5.41) is 16.5. The number of nitrogens with two attached hydrogens (primary N) is 2. The Kier molecular flexibility index (Phi) is 8.34. The van der Waals surface area contributed by atoms with E-state index in [1.165, 1.54) is 21.6 Å². The van der Waals surface area contributed by atoms with E-state index in [-0.39, 0.29) is 12.6 Å². The Morgan fingerprint density at radius 2 is 1.93 bits per heavy atom. The zero-order valence-electron chi connectivity index (χ0n) is 7.46. The SMILES string of the molecule is NC(COO)CSSCC(N)C(=O)O. The van der Waals surface area contributed by atoms with Crippen LogP contribution in [0.1, 0.15) is 0 Å². The Balaban J connectivity index is 3.33. The molecule has 8 heteroatoms. The highest BCUT2D eigenvalue weighted by molar-refractivity contribution is 8.76. The van der Waals surface area contributed by atoms with Crippen molar-refractivity contribution in [2.75, 3.05) is 18.1 Å². The molecule has 0 rings (SSSR count). The molecule has 0 amide bonds. The van der Waals surface area contributed by atoms with Crippen LogP contribution in [0.25, 0.3) is 0 Å². The van der Waals surface area contributed by atoms with Gasteiger partial charge >= 0.3 is 5.97 Å². The number of hydrogen-bond acceptors (Lipinski definition) is 7. The van der Waals surface area contributed by atoms with Crippen LogP contribution in [0.3, 0.4) is 0 Å². The fourth-order valence-electron chi connectivity index (χ4n) is 0.472.